The van der Waals surface area contributed by atoms with Crippen molar-refractivity contribution in [2.45, 2.75) is 58.1 Å². The lowest BCUT2D eigenvalue weighted by Gasteiger charge is -2.22. The summed E-state index contributed by atoms with van der Waals surface area (Å²) in [6.45, 7) is 4.72. The third-order valence-corrected chi connectivity index (χ3v) is 4.97. The summed E-state index contributed by atoms with van der Waals surface area (Å²) < 4.78 is 21.9. The van der Waals surface area contributed by atoms with Crippen molar-refractivity contribution in [2.24, 2.45) is 5.92 Å². The molecule has 0 bridgehead atoms. The normalized spacial score (nSPS) is 15.1. The van der Waals surface area contributed by atoms with Crippen LogP contribution in [0.2, 0.25) is 0 Å². The van der Waals surface area contributed by atoms with Gasteiger partial charge in [0.05, 0.1) is 31.3 Å². The number of nitro groups is 1. The van der Waals surface area contributed by atoms with E-state index in [1.54, 1.807) is 0 Å². The molecular formula is C21H32N2O7. The summed E-state index contributed by atoms with van der Waals surface area (Å²) in [5.74, 6) is 0.803. The highest BCUT2D eigenvalue weighted by molar-refractivity contribution is 5.76. The molecule has 1 aromatic carbocycles. The van der Waals surface area contributed by atoms with Crippen LogP contribution in [0, 0.1) is 16.0 Å². The Balaban J connectivity index is 1.96. The van der Waals surface area contributed by atoms with E-state index >= 15 is 0 Å². The van der Waals surface area contributed by atoms with Gasteiger partial charge in [-0.1, -0.05) is 13.8 Å². The molecule has 0 aliphatic heterocycles. The summed E-state index contributed by atoms with van der Waals surface area (Å²) in [6, 6.07) is 2.16. The fourth-order valence-electron chi connectivity index (χ4n) is 3.49. The van der Waals surface area contributed by atoms with E-state index in [4.69, 9.17) is 18.9 Å². The monoisotopic (exact) mass is 424 g/mol. The number of nitrogens with zero attached hydrogens (tertiary/aromatic N) is 1. The van der Waals surface area contributed by atoms with Crippen LogP contribution in [-0.2, 0) is 9.53 Å². The van der Waals surface area contributed by atoms with Gasteiger partial charge in [0.25, 0.3) is 5.69 Å². The van der Waals surface area contributed by atoms with E-state index in [-0.39, 0.29) is 41.6 Å². The number of carbonyl (C=O) groups excluding carboxylic acids is 1. The van der Waals surface area contributed by atoms with Gasteiger partial charge < -0.3 is 24.3 Å². The van der Waals surface area contributed by atoms with Gasteiger partial charge in [0.15, 0.2) is 11.5 Å². The summed E-state index contributed by atoms with van der Waals surface area (Å²) in [6.07, 6.45) is 4.76. The van der Waals surface area contributed by atoms with Crippen molar-refractivity contribution in [1.82, 2.24) is 5.32 Å². The first-order chi connectivity index (χ1) is 14.3. The second-order valence-electron chi connectivity index (χ2n) is 7.76. The lowest BCUT2D eigenvalue weighted by molar-refractivity contribution is -0.385. The Hall–Kier alpha value is -2.55. The number of hydrogen-bond donors (Lipinski definition) is 1. The Morgan fingerprint density at radius 2 is 1.80 bits per heavy atom. The van der Waals surface area contributed by atoms with Crippen molar-refractivity contribution < 1.29 is 28.7 Å². The van der Waals surface area contributed by atoms with Crippen LogP contribution in [-0.4, -0.2) is 50.4 Å². The molecule has 1 aromatic rings. The zero-order valence-corrected chi connectivity index (χ0v) is 18.1. The van der Waals surface area contributed by atoms with Crippen LogP contribution in [0.5, 0.6) is 17.2 Å². The molecule has 0 saturated heterocycles. The molecule has 0 radical (unpaired) electrons. The van der Waals surface area contributed by atoms with Gasteiger partial charge in [-0.2, -0.15) is 0 Å². The molecule has 0 amide bonds. The molecule has 1 fully saturated rings. The maximum absolute atomic E-state index is 12.6. The maximum Gasteiger partial charge on any atom is 0.323 e. The molecule has 168 valence electrons. The van der Waals surface area contributed by atoms with Crippen molar-refractivity contribution in [2.75, 3.05) is 27.4 Å². The highest BCUT2D eigenvalue weighted by Crippen LogP contribution is 2.40. The highest BCUT2D eigenvalue weighted by atomic mass is 16.6. The third kappa shape index (κ3) is 6.76. The number of nitro benzene ring substituents is 1. The smallest absolute Gasteiger partial charge is 0.323 e. The number of methoxy groups -OCH3 is 2. The summed E-state index contributed by atoms with van der Waals surface area (Å²) in [5.41, 5.74) is -0.152. The Kier molecular flexibility index (Phi) is 9.16. The van der Waals surface area contributed by atoms with E-state index in [1.165, 1.54) is 26.4 Å². The molecule has 1 aliphatic rings. The zero-order chi connectivity index (χ0) is 22.1. The van der Waals surface area contributed by atoms with Crippen LogP contribution in [0.1, 0.15) is 46.0 Å². The van der Waals surface area contributed by atoms with Crippen molar-refractivity contribution in [3.63, 3.8) is 0 Å². The zero-order valence-electron chi connectivity index (χ0n) is 18.1. The molecule has 0 spiro atoms. The van der Waals surface area contributed by atoms with Gasteiger partial charge >= 0.3 is 5.97 Å². The van der Waals surface area contributed by atoms with Crippen LogP contribution in [0.4, 0.5) is 5.69 Å². The molecule has 1 atom stereocenters. The lowest BCUT2D eigenvalue weighted by atomic mass is 10.0. The van der Waals surface area contributed by atoms with Crippen LogP contribution in [0.3, 0.4) is 0 Å². The van der Waals surface area contributed by atoms with Crippen LogP contribution >= 0.6 is 0 Å². The molecule has 9 nitrogen and oxygen atoms in total. The molecular weight excluding hydrogens is 392 g/mol. The Labute approximate surface area is 177 Å². The van der Waals surface area contributed by atoms with E-state index in [1.807, 2.05) is 0 Å². The average molecular weight is 424 g/mol. The summed E-state index contributed by atoms with van der Waals surface area (Å²) >= 11 is 0. The first kappa shape index (κ1) is 23.7. The highest BCUT2D eigenvalue weighted by Gasteiger charge is 2.26. The van der Waals surface area contributed by atoms with Gasteiger partial charge in [-0.05, 0) is 38.0 Å². The predicted molar refractivity (Wildman–Crippen MR) is 111 cm³/mol. The first-order valence-corrected chi connectivity index (χ1v) is 10.3. The van der Waals surface area contributed by atoms with Crippen molar-refractivity contribution in [3.05, 3.63) is 22.2 Å². The quantitative estimate of drug-likeness (QED) is 0.235. The number of carbonyl (C=O) groups is 1. The Bertz CT molecular complexity index is 692. The van der Waals surface area contributed by atoms with E-state index in [2.05, 4.69) is 19.2 Å². The minimum atomic E-state index is -0.525. The second-order valence-corrected chi connectivity index (χ2v) is 7.76. The summed E-state index contributed by atoms with van der Waals surface area (Å²) in [5, 5.41) is 14.3. The lowest BCUT2D eigenvalue weighted by Crippen LogP contribution is -2.42. The molecule has 1 aliphatic carbocycles. The van der Waals surface area contributed by atoms with E-state index in [0.717, 1.165) is 25.7 Å². The largest absolute Gasteiger partial charge is 0.492 e. The number of rotatable bonds is 12. The Morgan fingerprint density at radius 1 is 1.20 bits per heavy atom. The SMILES string of the molecule is COc1cc([N+](=O)[O-])cc(OC)c1OCCNC(CC(C)C)C(=O)OC1CCCC1. The van der Waals surface area contributed by atoms with E-state index in [0.29, 0.717) is 18.9 Å². The van der Waals surface area contributed by atoms with Gasteiger partial charge in [-0.25, -0.2) is 0 Å². The van der Waals surface area contributed by atoms with Gasteiger partial charge in [-0.3, -0.25) is 14.9 Å². The molecule has 1 N–H and O–H groups in total. The molecule has 1 saturated carbocycles. The van der Waals surface area contributed by atoms with Crippen molar-refractivity contribution >= 4 is 11.7 Å². The van der Waals surface area contributed by atoms with Gasteiger partial charge in [0.2, 0.25) is 5.75 Å². The third-order valence-electron chi connectivity index (χ3n) is 4.97. The molecule has 2 rings (SSSR count). The maximum atomic E-state index is 12.6. The summed E-state index contributed by atoms with van der Waals surface area (Å²) in [4.78, 5) is 23.1. The van der Waals surface area contributed by atoms with Crippen LogP contribution in [0.25, 0.3) is 0 Å². The molecule has 9 heteroatoms. The number of non-ortho nitro benzene ring substituents is 1. The van der Waals surface area contributed by atoms with E-state index in [9.17, 15) is 14.9 Å². The van der Waals surface area contributed by atoms with Gasteiger partial charge in [-0.15, -0.1) is 0 Å². The number of esters is 1. The molecule has 30 heavy (non-hydrogen) atoms. The number of nitrogens with one attached hydrogen (secondary N) is 1. The minimum Gasteiger partial charge on any atom is -0.492 e. The fraction of sp³-hybridized carbons (Fsp3) is 0.667. The summed E-state index contributed by atoms with van der Waals surface area (Å²) in [7, 11) is 2.81. The van der Waals surface area contributed by atoms with Crippen LogP contribution < -0.4 is 19.5 Å². The average Bonchev–Trinajstić information content (AvgIpc) is 3.22. The minimum absolute atomic E-state index is 0.0267. The molecule has 1 unspecified atom stereocenters. The standard InChI is InChI=1S/C21H32N2O7/c1-14(2)11-17(21(24)30-16-7-5-6-8-16)22-9-10-29-20-18(27-3)12-15(23(25)26)13-19(20)28-4/h12-14,16-17,22H,5-11H2,1-4H3. The first-order valence-electron chi connectivity index (χ1n) is 10.3. The fourth-order valence-corrected chi connectivity index (χ4v) is 3.49. The number of benzene rings is 1. The topological polar surface area (TPSA) is 109 Å². The number of ether oxygens (including phenoxy) is 4. The van der Waals surface area contributed by atoms with Gasteiger partial charge in [0.1, 0.15) is 18.8 Å². The van der Waals surface area contributed by atoms with Crippen molar-refractivity contribution in [1.29, 1.82) is 0 Å². The Morgan fingerprint density at radius 3 is 2.30 bits per heavy atom. The van der Waals surface area contributed by atoms with Gasteiger partial charge in [0, 0.05) is 6.54 Å². The predicted octanol–water partition coefficient (Wildman–Crippen LogP) is 3.48. The van der Waals surface area contributed by atoms with E-state index < -0.39 is 11.0 Å². The van der Waals surface area contributed by atoms with Crippen LogP contribution in [0.15, 0.2) is 12.1 Å². The van der Waals surface area contributed by atoms with Crippen molar-refractivity contribution in [3.8, 4) is 17.2 Å². The molecule has 0 aromatic heterocycles. The number of hydrogen-bond acceptors (Lipinski definition) is 8. The molecule has 0 heterocycles. The second kappa shape index (κ2) is 11.6.